The van der Waals surface area contributed by atoms with Crippen molar-refractivity contribution in [2.45, 2.75) is 44.0 Å². The molecular weight excluding hydrogens is 484 g/mol. The van der Waals surface area contributed by atoms with Crippen molar-refractivity contribution in [3.63, 3.8) is 0 Å². The normalized spacial score (nSPS) is 15.1. The van der Waals surface area contributed by atoms with E-state index in [-0.39, 0.29) is 12.6 Å². The van der Waals surface area contributed by atoms with E-state index in [0.29, 0.717) is 41.4 Å². The highest BCUT2D eigenvalue weighted by atomic mass is 35.5. The summed E-state index contributed by atoms with van der Waals surface area (Å²) in [7, 11) is 0. The molecule has 2 heterocycles. The van der Waals surface area contributed by atoms with Gasteiger partial charge >= 0.3 is 6.03 Å². The number of fused-ring (bicyclic) bond motifs is 1. The van der Waals surface area contributed by atoms with E-state index in [1.54, 1.807) is 22.1 Å². The Hall–Kier alpha value is -2.65. The number of urea groups is 1. The summed E-state index contributed by atoms with van der Waals surface area (Å²) in [6.45, 7) is 7.04. The van der Waals surface area contributed by atoms with Gasteiger partial charge in [0.1, 0.15) is 5.82 Å². The molecule has 0 bridgehead atoms. The van der Waals surface area contributed by atoms with E-state index >= 15 is 0 Å². The molecule has 1 atom stereocenters. The molecule has 0 spiro atoms. The van der Waals surface area contributed by atoms with Crippen molar-refractivity contribution in [2.75, 3.05) is 29.6 Å². The highest BCUT2D eigenvalue weighted by Gasteiger charge is 2.45. The second kappa shape index (κ2) is 11.4. The van der Waals surface area contributed by atoms with Crippen LogP contribution in [0.2, 0.25) is 5.02 Å². The van der Waals surface area contributed by atoms with E-state index in [4.69, 9.17) is 26.1 Å². The number of para-hydroxylation sites is 1. The zero-order valence-corrected chi connectivity index (χ0v) is 21.7. The molecule has 1 aliphatic rings. The standard InChI is InChI=1S/C26H29ClN4O3S/c1-4-33-18-26(3,34-5-2)31-23-20(16-30(25(31)32)22-14-10-9-13-21(22)27)15-28-24(29-23)35-17-19-11-7-6-8-12-19/h6-15H,4-5,16-18H2,1-3H3. The van der Waals surface area contributed by atoms with Gasteiger partial charge in [-0.3, -0.25) is 4.90 Å². The van der Waals surface area contributed by atoms with Gasteiger partial charge in [-0.05, 0) is 38.5 Å². The van der Waals surface area contributed by atoms with E-state index < -0.39 is 5.72 Å². The highest BCUT2D eigenvalue weighted by Crippen LogP contribution is 2.38. The molecular formula is C26H29ClN4O3S. The third kappa shape index (κ3) is 5.62. The van der Waals surface area contributed by atoms with Gasteiger partial charge in [-0.15, -0.1) is 0 Å². The minimum absolute atomic E-state index is 0.190. The number of thioether (sulfide) groups is 1. The number of rotatable bonds is 10. The van der Waals surface area contributed by atoms with Crippen molar-refractivity contribution in [2.24, 2.45) is 0 Å². The highest BCUT2D eigenvalue weighted by molar-refractivity contribution is 7.98. The molecule has 0 N–H and O–H groups in total. The number of benzene rings is 2. The monoisotopic (exact) mass is 512 g/mol. The lowest BCUT2D eigenvalue weighted by atomic mass is 10.1. The fraction of sp³-hybridized carbons (Fsp3) is 0.346. The van der Waals surface area contributed by atoms with Gasteiger partial charge in [0, 0.05) is 30.7 Å². The molecule has 9 heteroatoms. The molecule has 1 aromatic heterocycles. The summed E-state index contributed by atoms with van der Waals surface area (Å²) in [6, 6.07) is 17.2. The largest absolute Gasteiger partial charge is 0.377 e. The van der Waals surface area contributed by atoms with Crippen LogP contribution in [0, 0.1) is 0 Å². The first-order valence-corrected chi connectivity index (χ1v) is 12.9. The average Bonchev–Trinajstić information content (AvgIpc) is 2.87. The summed E-state index contributed by atoms with van der Waals surface area (Å²) in [5.74, 6) is 1.25. The molecule has 184 valence electrons. The fourth-order valence-electron chi connectivity index (χ4n) is 3.99. The molecule has 0 saturated carbocycles. The SMILES string of the molecule is CCOCC(C)(OCC)N1C(=O)N(c2ccccc2Cl)Cc2cnc(SCc3ccccc3)nc21. The first-order valence-electron chi connectivity index (χ1n) is 11.6. The van der Waals surface area contributed by atoms with Crippen LogP contribution >= 0.6 is 23.4 Å². The minimum atomic E-state index is -1.08. The number of ether oxygens (including phenoxy) is 2. The van der Waals surface area contributed by atoms with E-state index in [1.165, 1.54) is 17.3 Å². The van der Waals surface area contributed by atoms with Gasteiger partial charge in [-0.25, -0.2) is 19.7 Å². The lowest BCUT2D eigenvalue weighted by Gasteiger charge is -2.45. The molecule has 0 radical (unpaired) electrons. The molecule has 0 saturated heterocycles. The maximum absolute atomic E-state index is 14.0. The lowest BCUT2D eigenvalue weighted by Crippen LogP contribution is -2.61. The quantitative estimate of drug-likeness (QED) is 0.239. The van der Waals surface area contributed by atoms with Gasteiger partial charge < -0.3 is 9.47 Å². The van der Waals surface area contributed by atoms with E-state index in [1.807, 2.05) is 57.2 Å². The summed E-state index contributed by atoms with van der Waals surface area (Å²) in [6.07, 6.45) is 1.78. The zero-order chi connectivity index (χ0) is 24.8. The number of nitrogens with zero attached hydrogens (tertiary/aromatic N) is 4. The van der Waals surface area contributed by atoms with Crippen molar-refractivity contribution < 1.29 is 14.3 Å². The summed E-state index contributed by atoms with van der Waals surface area (Å²) < 4.78 is 11.9. The number of carbonyl (C=O) groups is 1. The van der Waals surface area contributed by atoms with Crippen LogP contribution in [0.3, 0.4) is 0 Å². The predicted molar refractivity (Wildman–Crippen MR) is 140 cm³/mol. The number of anilines is 2. The Morgan fingerprint density at radius 3 is 2.54 bits per heavy atom. The molecule has 0 fully saturated rings. The molecule has 35 heavy (non-hydrogen) atoms. The Labute approximate surface area is 215 Å². The second-order valence-electron chi connectivity index (χ2n) is 8.18. The number of hydrogen-bond acceptors (Lipinski definition) is 6. The topological polar surface area (TPSA) is 67.8 Å². The first kappa shape index (κ1) is 25.4. The Kier molecular flexibility index (Phi) is 8.28. The van der Waals surface area contributed by atoms with Gasteiger partial charge in [-0.1, -0.05) is 65.8 Å². The van der Waals surface area contributed by atoms with E-state index in [9.17, 15) is 4.79 Å². The Morgan fingerprint density at radius 1 is 1.09 bits per heavy atom. The molecule has 3 aromatic rings. The van der Waals surface area contributed by atoms with Gasteiger partial charge in [0.05, 0.1) is 23.9 Å². The third-order valence-corrected chi connectivity index (χ3v) is 6.89. The lowest BCUT2D eigenvalue weighted by molar-refractivity contribution is -0.0768. The van der Waals surface area contributed by atoms with Gasteiger partial charge in [0.15, 0.2) is 10.9 Å². The van der Waals surface area contributed by atoms with Crippen molar-refractivity contribution in [3.05, 3.63) is 76.9 Å². The van der Waals surface area contributed by atoms with Gasteiger partial charge in [-0.2, -0.15) is 0 Å². The Balaban J connectivity index is 1.75. The van der Waals surface area contributed by atoms with Gasteiger partial charge in [0.2, 0.25) is 0 Å². The molecule has 1 unspecified atom stereocenters. The molecule has 2 amide bonds. The van der Waals surface area contributed by atoms with Crippen LogP contribution in [0.5, 0.6) is 0 Å². The summed E-state index contributed by atoms with van der Waals surface area (Å²) >= 11 is 8.00. The number of carbonyl (C=O) groups excluding carboxylic acids is 1. The van der Waals surface area contributed by atoms with Crippen molar-refractivity contribution >= 4 is 40.9 Å². The second-order valence-corrected chi connectivity index (χ2v) is 9.53. The zero-order valence-electron chi connectivity index (χ0n) is 20.1. The number of hydrogen-bond donors (Lipinski definition) is 0. The van der Waals surface area contributed by atoms with E-state index in [0.717, 1.165) is 11.3 Å². The van der Waals surface area contributed by atoms with Crippen LogP contribution in [0.15, 0.2) is 66.0 Å². The van der Waals surface area contributed by atoms with Crippen LogP contribution in [0.1, 0.15) is 31.9 Å². The predicted octanol–water partition coefficient (Wildman–Crippen LogP) is 6.16. The number of aromatic nitrogens is 2. The summed E-state index contributed by atoms with van der Waals surface area (Å²) in [5.41, 5.74) is 1.52. The fourth-order valence-corrected chi connectivity index (χ4v) is 4.99. The maximum atomic E-state index is 14.0. The summed E-state index contributed by atoms with van der Waals surface area (Å²) in [5, 5.41) is 1.08. The van der Waals surface area contributed by atoms with Crippen molar-refractivity contribution in [3.8, 4) is 0 Å². The van der Waals surface area contributed by atoms with E-state index in [2.05, 4.69) is 17.1 Å². The van der Waals surface area contributed by atoms with Crippen LogP contribution in [0.25, 0.3) is 0 Å². The summed E-state index contributed by atoms with van der Waals surface area (Å²) in [4.78, 5) is 26.6. The molecule has 0 aliphatic carbocycles. The van der Waals surface area contributed by atoms with Crippen LogP contribution in [-0.2, 0) is 21.8 Å². The van der Waals surface area contributed by atoms with Gasteiger partial charge in [0.25, 0.3) is 0 Å². The minimum Gasteiger partial charge on any atom is -0.377 e. The Bertz CT molecular complexity index is 1170. The average molecular weight is 513 g/mol. The molecule has 4 rings (SSSR count). The van der Waals surface area contributed by atoms with Crippen LogP contribution in [0.4, 0.5) is 16.3 Å². The molecule has 2 aromatic carbocycles. The molecule has 1 aliphatic heterocycles. The number of amides is 2. The van der Waals surface area contributed by atoms with Crippen LogP contribution < -0.4 is 9.80 Å². The Morgan fingerprint density at radius 2 is 1.83 bits per heavy atom. The smallest absolute Gasteiger partial charge is 0.332 e. The van der Waals surface area contributed by atoms with Crippen molar-refractivity contribution in [1.29, 1.82) is 0 Å². The number of halogens is 1. The molecule has 7 nitrogen and oxygen atoms in total. The van der Waals surface area contributed by atoms with Crippen molar-refractivity contribution in [1.82, 2.24) is 9.97 Å². The maximum Gasteiger partial charge on any atom is 0.332 e. The third-order valence-electron chi connectivity index (χ3n) is 5.64. The van der Waals surface area contributed by atoms with Crippen LogP contribution in [-0.4, -0.2) is 41.5 Å². The first-order chi connectivity index (χ1) is 17.0.